The first-order valence-corrected chi connectivity index (χ1v) is 7.29. The molecule has 0 aliphatic heterocycles. The Kier molecular flexibility index (Phi) is 5.52. The number of hydrogen-bond donors (Lipinski definition) is 2. The van der Waals surface area contributed by atoms with Crippen molar-refractivity contribution in [3.8, 4) is 0 Å². The maximum absolute atomic E-state index is 12.3. The molecule has 0 spiro atoms. The van der Waals surface area contributed by atoms with Crippen LogP contribution in [0.25, 0.3) is 0 Å². The van der Waals surface area contributed by atoms with Gasteiger partial charge in [-0.3, -0.25) is 4.79 Å². The van der Waals surface area contributed by atoms with Gasteiger partial charge in [0, 0.05) is 13.1 Å². The van der Waals surface area contributed by atoms with Gasteiger partial charge in [0.1, 0.15) is 0 Å². The third-order valence-electron chi connectivity index (χ3n) is 3.71. The summed E-state index contributed by atoms with van der Waals surface area (Å²) >= 11 is 0. The molecule has 0 radical (unpaired) electrons. The fourth-order valence-electron chi connectivity index (χ4n) is 2.41. The van der Waals surface area contributed by atoms with E-state index in [1.165, 1.54) is 11.1 Å². The highest BCUT2D eigenvalue weighted by Gasteiger charge is 2.18. The van der Waals surface area contributed by atoms with Crippen LogP contribution in [0.15, 0.2) is 54.6 Å². The van der Waals surface area contributed by atoms with E-state index in [1.54, 1.807) is 0 Å². The van der Waals surface area contributed by atoms with Gasteiger partial charge >= 0.3 is 0 Å². The summed E-state index contributed by atoms with van der Waals surface area (Å²) < 4.78 is 0. The maximum atomic E-state index is 12.3. The van der Waals surface area contributed by atoms with Gasteiger partial charge in [-0.2, -0.15) is 0 Å². The van der Waals surface area contributed by atoms with E-state index in [4.69, 9.17) is 5.73 Å². The van der Waals surface area contributed by atoms with Gasteiger partial charge in [-0.1, -0.05) is 54.6 Å². The number of hydrogen-bond acceptors (Lipinski definition) is 2. The Morgan fingerprint density at radius 3 is 2.43 bits per heavy atom. The second-order valence-corrected chi connectivity index (χ2v) is 5.17. The summed E-state index contributed by atoms with van der Waals surface area (Å²) in [6.07, 6.45) is 0.838. The van der Waals surface area contributed by atoms with Crippen molar-refractivity contribution in [2.75, 3.05) is 13.1 Å². The first-order chi connectivity index (χ1) is 10.2. The zero-order valence-corrected chi connectivity index (χ0v) is 12.4. The van der Waals surface area contributed by atoms with Crippen LogP contribution >= 0.6 is 0 Å². The van der Waals surface area contributed by atoms with E-state index >= 15 is 0 Å². The third-order valence-corrected chi connectivity index (χ3v) is 3.71. The van der Waals surface area contributed by atoms with Gasteiger partial charge in [0.25, 0.3) is 0 Å². The van der Waals surface area contributed by atoms with Crippen LogP contribution < -0.4 is 11.1 Å². The van der Waals surface area contributed by atoms with Gasteiger partial charge in [0.15, 0.2) is 0 Å². The van der Waals surface area contributed by atoms with Crippen molar-refractivity contribution in [3.05, 3.63) is 71.3 Å². The molecule has 0 aliphatic carbocycles. The van der Waals surface area contributed by atoms with Gasteiger partial charge < -0.3 is 11.1 Å². The van der Waals surface area contributed by atoms with E-state index in [0.717, 1.165) is 12.0 Å². The summed E-state index contributed by atoms with van der Waals surface area (Å²) in [6, 6.07) is 17.9. The Morgan fingerprint density at radius 1 is 1.10 bits per heavy atom. The van der Waals surface area contributed by atoms with Crippen molar-refractivity contribution in [2.45, 2.75) is 19.3 Å². The number of aryl methyl sites for hydroxylation is 1. The monoisotopic (exact) mass is 282 g/mol. The van der Waals surface area contributed by atoms with Crippen LogP contribution in [0, 0.1) is 6.92 Å². The standard InChI is InChI=1S/C18H22N2O/c1-14-7-5-6-8-15(14)11-12-20-18(21)17(13-19)16-9-3-2-4-10-16/h2-10,17H,11-13,19H2,1H3,(H,20,21). The Hall–Kier alpha value is -2.13. The van der Waals surface area contributed by atoms with Crippen LogP contribution in [0.5, 0.6) is 0 Å². The fraction of sp³-hybridized carbons (Fsp3) is 0.278. The van der Waals surface area contributed by atoms with Crippen molar-refractivity contribution in [3.63, 3.8) is 0 Å². The smallest absolute Gasteiger partial charge is 0.228 e. The third kappa shape index (κ3) is 4.17. The number of nitrogens with one attached hydrogen (secondary N) is 1. The average Bonchev–Trinajstić information content (AvgIpc) is 2.51. The number of amides is 1. The first kappa shape index (κ1) is 15.3. The van der Waals surface area contributed by atoms with Crippen LogP contribution in [-0.4, -0.2) is 19.0 Å². The van der Waals surface area contributed by atoms with Crippen molar-refractivity contribution < 1.29 is 4.79 Å². The molecule has 2 aromatic rings. The van der Waals surface area contributed by atoms with E-state index in [1.807, 2.05) is 42.5 Å². The summed E-state index contributed by atoms with van der Waals surface area (Å²) in [5, 5.41) is 2.99. The Bertz CT molecular complexity index is 581. The van der Waals surface area contributed by atoms with Crippen molar-refractivity contribution in [1.29, 1.82) is 0 Å². The molecule has 21 heavy (non-hydrogen) atoms. The van der Waals surface area contributed by atoms with Crippen LogP contribution in [0.1, 0.15) is 22.6 Å². The zero-order valence-electron chi connectivity index (χ0n) is 12.4. The predicted octanol–water partition coefficient (Wildman–Crippen LogP) is 2.40. The molecule has 0 aliphatic rings. The summed E-state index contributed by atoms with van der Waals surface area (Å²) in [5.41, 5.74) is 9.24. The molecule has 0 aromatic heterocycles. The van der Waals surface area contributed by atoms with Gasteiger partial charge in [0.2, 0.25) is 5.91 Å². The summed E-state index contributed by atoms with van der Waals surface area (Å²) in [7, 11) is 0. The van der Waals surface area contributed by atoms with E-state index in [0.29, 0.717) is 13.1 Å². The van der Waals surface area contributed by atoms with Crippen molar-refractivity contribution in [1.82, 2.24) is 5.32 Å². The van der Waals surface area contributed by atoms with Crippen molar-refractivity contribution >= 4 is 5.91 Å². The highest BCUT2D eigenvalue weighted by atomic mass is 16.1. The second-order valence-electron chi connectivity index (χ2n) is 5.17. The fourth-order valence-corrected chi connectivity index (χ4v) is 2.41. The molecule has 0 saturated carbocycles. The highest BCUT2D eigenvalue weighted by Crippen LogP contribution is 2.14. The molecule has 2 aromatic carbocycles. The number of nitrogens with two attached hydrogens (primary N) is 1. The molecule has 110 valence electrons. The normalized spacial score (nSPS) is 11.9. The van der Waals surface area contributed by atoms with Gasteiger partial charge in [-0.05, 0) is 30.0 Å². The SMILES string of the molecule is Cc1ccccc1CCNC(=O)C(CN)c1ccccc1. The van der Waals surface area contributed by atoms with E-state index in [2.05, 4.69) is 24.4 Å². The molecule has 3 N–H and O–H groups in total. The molecular weight excluding hydrogens is 260 g/mol. The second kappa shape index (κ2) is 7.60. The largest absolute Gasteiger partial charge is 0.355 e. The zero-order chi connectivity index (χ0) is 15.1. The van der Waals surface area contributed by atoms with E-state index < -0.39 is 0 Å². The van der Waals surface area contributed by atoms with Gasteiger partial charge in [0.05, 0.1) is 5.92 Å². The van der Waals surface area contributed by atoms with E-state index in [-0.39, 0.29) is 11.8 Å². The molecule has 1 unspecified atom stereocenters. The molecule has 1 amide bonds. The minimum Gasteiger partial charge on any atom is -0.355 e. The molecule has 0 fully saturated rings. The van der Waals surface area contributed by atoms with Crippen LogP contribution in [-0.2, 0) is 11.2 Å². The molecule has 0 bridgehead atoms. The summed E-state index contributed by atoms with van der Waals surface area (Å²) in [6.45, 7) is 3.04. The van der Waals surface area contributed by atoms with E-state index in [9.17, 15) is 4.79 Å². The van der Waals surface area contributed by atoms with Crippen molar-refractivity contribution in [2.24, 2.45) is 5.73 Å². The molecule has 1 atom stereocenters. The highest BCUT2D eigenvalue weighted by molar-refractivity contribution is 5.83. The minimum absolute atomic E-state index is 0.00251. The lowest BCUT2D eigenvalue weighted by molar-refractivity contribution is -0.122. The molecule has 3 heteroatoms. The molecule has 3 nitrogen and oxygen atoms in total. The molecule has 0 saturated heterocycles. The van der Waals surface area contributed by atoms with Gasteiger partial charge in [-0.25, -0.2) is 0 Å². The lowest BCUT2D eigenvalue weighted by atomic mass is 9.98. The lowest BCUT2D eigenvalue weighted by Gasteiger charge is -2.15. The predicted molar refractivity (Wildman–Crippen MR) is 86.1 cm³/mol. The number of benzene rings is 2. The Morgan fingerprint density at radius 2 is 1.76 bits per heavy atom. The Balaban J connectivity index is 1.90. The summed E-state index contributed by atoms with van der Waals surface area (Å²) in [5.74, 6) is -0.277. The van der Waals surface area contributed by atoms with Gasteiger partial charge in [-0.15, -0.1) is 0 Å². The van der Waals surface area contributed by atoms with Crippen LogP contribution in [0.4, 0.5) is 0 Å². The van der Waals surface area contributed by atoms with Crippen LogP contribution in [0.3, 0.4) is 0 Å². The average molecular weight is 282 g/mol. The molecule has 0 heterocycles. The summed E-state index contributed by atoms with van der Waals surface area (Å²) in [4.78, 5) is 12.3. The topological polar surface area (TPSA) is 55.1 Å². The number of carbonyl (C=O) groups excluding carboxylic acids is 1. The minimum atomic E-state index is -0.275. The number of carbonyl (C=O) groups is 1. The molecular formula is C18H22N2O. The lowest BCUT2D eigenvalue weighted by Crippen LogP contribution is -2.34. The quantitative estimate of drug-likeness (QED) is 0.855. The maximum Gasteiger partial charge on any atom is 0.228 e. The van der Waals surface area contributed by atoms with Crippen LogP contribution in [0.2, 0.25) is 0 Å². The first-order valence-electron chi connectivity index (χ1n) is 7.29. The molecule has 2 rings (SSSR count). The Labute approximate surface area is 126 Å². The number of rotatable bonds is 6.